The van der Waals surface area contributed by atoms with Crippen LogP contribution < -0.4 is 0 Å². The second-order valence-corrected chi connectivity index (χ2v) is 3.64. The molecule has 1 rings (SSSR count). The van der Waals surface area contributed by atoms with Gasteiger partial charge in [0.25, 0.3) is 0 Å². The fraction of sp³-hybridized carbons (Fsp3) is 0.636. The van der Waals surface area contributed by atoms with E-state index in [1.54, 1.807) is 6.08 Å². The molecule has 1 aliphatic carbocycles. The first-order chi connectivity index (χ1) is 5.65. The largest absolute Gasteiger partial charge is 0.242 e. The van der Waals surface area contributed by atoms with E-state index in [1.165, 1.54) is 11.1 Å². The van der Waals surface area contributed by atoms with Crippen LogP contribution in [0.25, 0.3) is 0 Å². The van der Waals surface area contributed by atoms with Gasteiger partial charge in [-0.3, -0.25) is 0 Å². The van der Waals surface area contributed by atoms with Crippen LogP contribution in [0.1, 0.15) is 33.6 Å². The van der Waals surface area contributed by atoms with E-state index in [-0.39, 0.29) is 5.92 Å². The minimum atomic E-state index is -0.755. The fourth-order valence-electron chi connectivity index (χ4n) is 1.71. The van der Waals surface area contributed by atoms with E-state index in [4.69, 9.17) is 0 Å². The average Bonchev–Trinajstić information content (AvgIpc) is 2.03. The number of alkyl halides is 1. The lowest BCUT2D eigenvalue weighted by molar-refractivity contribution is 0.284. The summed E-state index contributed by atoms with van der Waals surface area (Å²) in [6, 6.07) is 0. The molecule has 2 unspecified atom stereocenters. The van der Waals surface area contributed by atoms with Crippen LogP contribution in [0.4, 0.5) is 4.39 Å². The monoisotopic (exact) mass is 168 g/mol. The predicted octanol–water partition coefficient (Wildman–Crippen LogP) is 3.65. The Morgan fingerprint density at radius 3 is 2.83 bits per heavy atom. The molecular weight excluding hydrogens is 151 g/mol. The summed E-state index contributed by atoms with van der Waals surface area (Å²) < 4.78 is 13.4. The summed E-state index contributed by atoms with van der Waals surface area (Å²) in [4.78, 5) is 0. The summed E-state index contributed by atoms with van der Waals surface area (Å²) in [7, 11) is 0. The highest BCUT2D eigenvalue weighted by molar-refractivity contribution is 5.16. The van der Waals surface area contributed by atoms with Crippen molar-refractivity contribution in [2.24, 2.45) is 5.92 Å². The van der Waals surface area contributed by atoms with Crippen LogP contribution in [0.5, 0.6) is 0 Å². The quantitative estimate of drug-likeness (QED) is 0.524. The molecule has 0 aromatic heterocycles. The Labute approximate surface area is 74.2 Å². The molecule has 0 fully saturated rings. The second-order valence-electron chi connectivity index (χ2n) is 3.64. The van der Waals surface area contributed by atoms with E-state index in [9.17, 15) is 4.39 Å². The molecule has 0 nitrogen and oxygen atoms in total. The van der Waals surface area contributed by atoms with E-state index < -0.39 is 6.17 Å². The third kappa shape index (κ3) is 1.96. The maximum atomic E-state index is 13.4. The van der Waals surface area contributed by atoms with Gasteiger partial charge in [-0.25, -0.2) is 4.39 Å². The molecule has 12 heavy (non-hydrogen) atoms. The predicted molar refractivity (Wildman–Crippen MR) is 50.8 cm³/mol. The molecule has 1 aliphatic rings. The zero-order valence-corrected chi connectivity index (χ0v) is 8.10. The highest BCUT2D eigenvalue weighted by atomic mass is 19.1. The third-order valence-electron chi connectivity index (χ3n) is 2.72. The topological polar surface area (TPSA) is 0 Å². The number of rotatable bonds is 1. The summed E-state index contributed by atoms with van der Waals surface area (Å²) in [5.41, 5.74) is 2.38. The van der Waals surface area contributed by atoms with Gasteiger partial charge in [-0.1, -0.05) is 23.3 Å². The third-order valence-corrected chi connectivity index (χ3v) is 2.72. The summed E-state index contributed by atoms with van der Waals surface area (Å²) in [6.07, 6.45) is 5.05. The van der Waals surface area contributed by atoms with Crippen molar-refractivity contribution in [2.75, 3.05) is 0 Å². The van der Waals surface area contributed by atoms with Crippen molar-refractivity contribution in [1.29, 1.82) is 0 Å². The molecule has 0 radical (unpaired) electrons. The highest BCUT2D eigenvalue weighted by Gasteiger charge is 2.23. The van der Waals surface area contributed by atoms with Gasteiger partial charge in [-0.05, 0) is 33.6 Å². The molecule has 0 heterocycles. The van der Waals surface area contributed by atoms with Crippen molar-refractivity contribution in [3.63, 3.8) is 0 Å². The lowest BCUT2D eigenvalue weighted by Gasteiger charge is -2.24. The second kappa shape index (κ2) is 3.88. The molecule has 0 N–H and O–H groups in total. The van der Waals surface area contributed by atoms with Crippen molar-refractivity contribution >= 4 is 0 Å². The molecule has 0 aromatic rings. The van der Waals surface area contributed by atoms with Crippen LogP contribution in [-0.2, 0) is 0 Å². The number of hydrogen-bond donors (Lipinski definition) is 0. The number of hydrogen-bond acceptors (Lipinski definition) is 0. The smallest absolute Gasteiger partial charge is 0.125 e. The number of allylic oxidation sites excluding steroid dienone is 4. The van der Waals surface area contributed by atoms with E-state index in [0.717, 1.165) is 12.8 Å². The van der Waals surface area contributed by atoms with Crippen LogP contribution in [-0.4, -0.2) is 6.17 Å². The molecule has 0 amide bonds. The van der Waals surface area contributed by atoms with Crippen molar-refractivity contribution in [2.45, 2.75) is 39.8 Å². The molecule has 0 saturated heterocycles. The van der Waals surface area contributed by atoms with Gasteiger partial charge in [0.05, 0.1) is 0 Å². The first-order valence-electron chi connectivity index (χ1n) is 4.59. The van der Waals surface area contributed by atoms with Gasteiger partial charge in [-0.15, -0.1) is 0 Å². The molecule has 0 bridgehead atoms. The Morgan fingerprint density at radius 2 is 2.33 bits per heavy atom. The maximum absolute atomic E-state index is 13.4. The first-order valence-corrected chi connectivity index (χ1v) is 4.59. The molecule has 68 valence electrons. The lowest BCUT2D eigenvalue weighted by atomic mass is 9.84. The van der Waals surface area contributed by atoms with Crippen LogP contribution in [0.15, 0.2) is 23.3 Å². The Hall–Kier alpha value is -0.590. The van der Waals surface area contributed by atoms with Crippen molar-refractivity contribution in [3.05, 3.63) is 23.3 Å². The van der Waals surface area contributed by atoms with E-state index in [0.29, 0.717) is 0 Å². The minimum Gasteiger partial charge on any atom is -0.242 e. The molecule has 2 atom stereocenters. The SMILES string of the molecule is C/C=C(\C)C1CCC(C)=CC1F. The van der Waals surface area contributed by atoms with Gasteiger partial charge in [0.15, 0.2) is 0 Å². The zero-order valence-electron chi connectivity index (χ0n) is 8.10. The first kappa shape index (κ1) is 9.50. The van der Waals surface area contributed by atoms with Gasteiger partial charge in [0, 0.05) is 5.92 Å². The summed E-state index contributed by atoms with van der Waals surface area (Å²) in [6.45, 7) is 6.01. The van der Waals surface area contributed by atoms with Crippen molar-refractivity contribution < 1.29 is 4.39 Å². The van der Waals surface area contributed by atoms with Crippen LogP contribution >= 0.6 is 0 Å². The van der Waals surface area contributed by atoms with Crippen LogP contribution in [0, 0.1) is 5.92 Å². The normalized spacial score (nSPS) is 31.7. The summed E-state index contributed by atoms with van der Waals surface area (Å²) in [5.74, 6) is 0.138. The summed E-state index contributed by atoms with van der Waals surface area (Å²) >= 11 is 0. The molecule has 0 aliphatic heterocycles. The van der Waals surface area contributed by atoms with Gasteiger partial charge in [0.1, 0.15) is 6.17 Å². The molecule has 0 aromatic carbocycles. The zero-order chi connectivity index (χ0) is 9.14. The van der Waals surface area contributed by atoms with E-state index in [1.807, 2.05) is 26.8 Å². The fourth-order valence-corrected chi connectivity index (χ4v) is 1.71. The van der Waals surface area contributed by atoms with Crippen LogP contribution in [0.3, 0.4) is 0 Å². The van der Waals surface area contributed by atoms with Gasteiger partial charge in [-0.2, -0.15) is 0 Å². The average molecular weight is 168 g/mol. The Balaban J connectivity index is 2.71. The highest BCUT2D eigenvalue weighted by Crippen LogP contribution is 2.30. The molecule has 1 heteroatoms. The van der Waals surface area contributed by atoms with Gasteiger partial charge < -0.3 is 0 Å². The van der Waals surface area contributed by atoms with E-state index >= 15 is 0 Å². The molecule has 0 saturated carbocycles. The van der Waals surface area contributed by atoms with Crippen LogP contribution in [0.2, 0.25) is 0 Å². The molecular formula is C11H17F. The number of halogens is 1. The maximum Gasteiger partial charge on any atom is 0.125 e. The summed E-state index contributed by atoms with van der Waals surface area (Å²) in [5, 5.41) is 0. The Kier molecular flexibility index (Phi) is 3.07. The van der Waals surface area contributed by atoms with Gasteiger partial charge in [0.2, 0.25) is 0 Å². The minimum absolute atomic E-state index is 0.138. The van der Waals surface area contributed by atoms with Gasteiger partial charge >= 0.3 is 0 Å². The molecule has 0 spiro atoms. The van der Waals surface area contributed by atoms with Crippen molar-refractivity contribution in [3.8, 4) is 0 Å². The van der Waals surface area contributed by atoms with Crippen molar-refractivity contribution in [1.82, 2.24) is 0 Å². The Bertz CT molecular complexity index is 213. The van der Waals surface area contributed by atoms with E-state index in [2.05, 4.69) is 0 Å². The standard InChI is InChI=1S/C11H17F/c1-4-9(3)10-6-5-8(2)7-11(10)12/h4,7,10-11H,5-6H2,1-3H3/b9-4+. The Morgan fingerprint density at radius 1 is 1.67 bits per heavy atom. The lowest BCUT2D eigenvalue weighted by Crippen LogP contribution is -2.19.